The largest absolute Gasteiger partial charge is 0.495 e. The number of nitrogens with zero attached hydrogens (tertiary/aromatic N) is 2. The van der Waals surface area contributed by atoms with E-state index in [0.717, 1.165) is 34.9 Å². The summed E-state index contributed by atoms with van der Waals surface area (Å²) in [7, 11) is 1.87. The molecule has 0 aliphatic heterocycles. The van der Waals surface area contributed by atoms with Gasteiger partial charge in [0.05, 0.1) is 23.2 Å². The summed E-state index contributed by atoms with van der Waals surface area (Å²) in [6, 6.07) is 10.5. The summed E-state index contributed by atoms with van der Waals surface area (Å²) in [6.07, 6.45) is 2.60. The number of hydrogen-bond donors (Lipinski definition) is 1. The van der Waals surface area contributed by atoms with Crippen molar-refractivity contribution < 1.29 is 13.2 Å². The second-order valence-electron chi connectivity index (χ2n) is 7.22. The maximum Gasteiger partial charge on any atom is 0.268 e. The Balaban J connectivity index is 1.98. The molecule has 0 amide bonds. The van der Waals surface area contributed by atoms with Gasteiger partial charge in [0.15, 0.2) is 0 Å². The van der Waals surface area contributed by atoms with Gasteiger partial charge >= 0.3 is 0 Å². The molecular weight excluding hydrogens is 454 g/mol. The van der Waals surface area contributed by atoms with E-state index in [9.17, 15) is 8.42 Å². The predicted octanol–water partition coefficient (Wildman–Crippen LogP) is 4.32. The van der Waals surface area contributed by atoms with Crippen molar-refractivity contribution >= 4 is 42.5 Å². The first-order valence-electron chi connectivity index (χ1n) is 9.33. The van der Waals surface area contributed by atoms with Crippen molar-refractivity contribution in [2.24, 2.45) is 0 Å². The van der Waals surface area contributed by atoms with Gasteiger partial charge in [-0.2, -0.15) is 0 Å². The molecule has 0 aliphatic rings. The lowest BCUT2D eigenvalue weighted by atomic mass is 10.2. The van der Waals surface area contributed by atoms with Gasteiger partial charge in [-0.3, -0.25) is 0 Å². The molecule has 0 unspecified atom stereocenters. The summed E-state index contributed by atoms with van der Waals surface area (Å²) in [5, 5.41) is 4.20. The molecule has 2 aromatic carbocycles. The van der Waals surface area contributed by atoms with Gasteiger partial charge in [-0.15, -0.1) is 0 Å². The first-order valence-corrected chi connectivity index (χ1v) is 11.6. The van der Waals surface area contributed by atoms with Crippen molar-refractivity contribution in [2.45, 2.75) is 18.2 Å². The van der Waals surface area contributed by atoms with Gasteiger partial charge in [0.25, 0.3) is 10.0 Å². The molecule has 0 radical (unpaired) electrons. The Morgan fingerprint density at radius 1 is 1.17 bits per heavy atom. The smallest absolute Gasteiger partial charge is 0.268 e. The molecule has 0 fully saturated rings. The van der Waals surface area contributed by atoms with Crippen molar-refractivity contribution in [2.75, 3.05) is 39.6 Å². The molecule has 8 heteroatoms. The Hall–Kier alpha value is -2.03. The zero-order chi connectivity index (χ0) is 21.2. The predicted molar refractivity (Wildman–Crippen MR) is 122 cm³/mol. The maximum atomic E-state index is 13.4. The monoisotopic (exact) mass is 479 g/mol. The van der Waals surface area contributed by atoms with Gasteiger partial charge in [-0.1, -0.05) is 15.9 Å². The lowest BCUT2D eigenvalue weighted by Gasteiger charge is -2.15. The van der Waals surface area contributed by atoms with Crippen molar-refractivity contribution in [3.05, 3.63) is 52.6 Å². The fourth-order valence-corrected chi connectivity index (χ4v) is 5.06. The molecule has 3 rings (SSSR count). The molecule has 1 N–H and O–H groups in total. The number of fused-ring (bicyclic) bond motifs is 1. The van der Waals surface area contributed by atoms with E-state index < -0.39 is 10.0 Å². The number of aromatic nitrogens is 1. The van der Waals surface area contributed by atoms with Crippen LogP contribution in [-0.2, 0) is 10.0 Å². The molecule has 6 nitrogen and oxygen atoms in total. The average Bonchev–Trinajstić information content (AvgIpc) is 3.01. The number of methoxy groups -OCH3 is 1. The summed E-state index contributed by atoms with van der Waals surface area (Å²) in [6.45, 7) is 3.57. The van der Waals surface area contributed by atoms with Crippen LogP contribution in [0.25, 0.3) is 10.9 Å². The molecule has 0 spiro atoms. The van der Waals surface area contributed by atoms with E-state index in [4.69, 9.17) is 4.74 Å². The van der Waals surface area contributed by atoms with Crippen LogP contribution in [0.2, 0.25) is 0 Å². The highest BCUT2D eigenvalue weighted by atomic mass is 79.9. The standard InChI is InChI=1S/C21H26BrN3O3S/c1-15-14-25(20-8-6-16(22)12-18(15)20)29(26,27)17-7-9-21(28-4)19(13-17)23-10-5-11-24(2)3/h6-9,12-14,23H,5,10-11H2,1-4H3. The van der Waals surface area contributed by atoms with Gasteiger partial charge in [-0.05, 0) is 75.9 Å². The zero-order valence-electron chi connectivity index (χ0n) is 17.1. The minimum Gasteiger partial charge on any atom is -0.495 e. The molecule has 1 heterocycles. The van der Waals surface area contributed by atoms with Crippen LogP contribution < -0.4 is 10.1 Å². The van der Waals surface area contributed by atoms with Crippen molar-refractivity contribution in [3.8, 4) is 5.75 Å². The Morgan fingerprint density at radius 2 is 1.93 bits per heavy atom. The second kappa shape index (κ2) is 8.77. The molecule has 29 heavy (non-hydrogen) atoms. The van der Waals surface area contributed by atoms with Gasteiger partial charge in [-0.25, -0.2) is 12.4 Å². The number of rotatable bonds is 8. The van der Waals surface area contributed by atoms with Crippen molar-refractivity contribution in [3.63, 3.8) is 0 Å². The number of nitrogens with one attached hydrogen (secondary N) is 1. The average molecular weight is 480 g/mol. The topological polar surface area (TPSA) is 63.6 Å². The highest BCUT2D eigenvalue weighted by molar-refractivity contribution is 9.10. The maximum absolute atomic E-state index is 13.4. The van der Waals surface area contributed by atoms with E-state index in [1.54, 1.807) is 31.5 Å². The van der Waals surface area contributed by atoms with E-state index in [0.29, 0.717) is 17.0 Å². The molecule has 1 aromatic heterocycles. The quantitative estimate of drug-likeness (QED) is 0.487. The summed E-state index contributed by atoms with van der Waals surface area (Å²) in [5.41, 5.74) is 2.23. The SMILES string of the molecule is COc1ccc(S(=O)(=O)n2cc(C)c3cc(Br)ccc32)cc1NCCCN(C)C. The van der Waals surface area contributed by atoms with Gasteiger partial charge < -0.3 is 15.0 Å². The van der Waals surface area contributed by atoms with Crippen LogP contribution in [0.15, 0.2) is 52.0 Å². The summed E-state index contributed by atoms with van der Waals surface area (Å²) < 4.78 is 34.5. The minimum atomic E-state index is -3.75. The van der Waals surface area contributed by atoms with Crippen molar-refractivity contribution in [1.82, 2.24) is 8.87 Å². The first-order chi connectivity index (χ1) is 13.7. The van der Waals surface area contributed by atoms with Gasteiger partial charge in [0.1, 0.15) is 5.75 Å². The van der Waals surface area contributed by atoms with Crippen LogP contribution in [0.4, 0.5) is 5.69 Å². The molecule has 3 aromatic rings. The van der Waals surface area contributed by atoms with E-state index in [1.165, 1.54) is 3.97 Å². The van der Waals surface area contributed by atoms with Crippen LogP contribution in [0, 0.1) is 6.92 Å². The van der Waals surface area contributed by atoms with Crippen molar-refractivity contribution in [1.29, 1.82) is 0 Å². The Morgan fingerprint density at radius 3 is 2.62 bits per heavy atom. The van der Waals surface area contributed by atoms with E-state index in [2.05, 4.69) is 26.1 Å². The van der Waals surface area contributed by atoms with E-state index in [-0.39, 0.29) is 4.90 Å². The molecule has 0 bridgehead atoms. The Labute approximate surface area is 180 Å². The molecular formula is C21H26BrN3O3S. The van der Waals surface area contributed by atoms with Gasteiger partial charge in [0, 0.05) is 22.6 Å². The number of aryl methyl sites for hydroxylation is 1. The molecule has 0 aliphatic carbocycles. The lowest BCUT2D eigenvalue weighted by Crippen LogP contribution is -2.17. The normalized spacial score (nSPS) is 11.9. The molecule has 0 atom stereocenters. The summed E-state index contributed by atoms with van der Waals surface area (Å²) in [4.78, 5) is 2.32. The van der Waals surface area contributed by atoms with Crippen LogP contribution in [0.3, 0.4) is 0 Å². The fourth-order valence-electron chi connectivity index (χ4n) is 3.25. The summed E-state index contributed by atoms with van der Waals surface area (Å²) in [5.74, 6) is 0.617. The molecule has 0 saturated heterocycles. The molecule has 0 saturated carbocycles. The first kappa shape index (κ1) is 21.7. The second-order valence-corrected chi connectivity index (χ2v) is 9.95. The number of ether oxygens (including phenoxy) is 1. The Bertz CT molecular complexity index is 1120. The van der Waals surface area contributed by atoms with Gasteiger partial charge in [0.2, 0.25) is 0 Å². The number of anilines is 1. The van der Waals surface area contributed by atoms with Crippen LogP contribution >= 0.6 is 15.9 Å². The highest BCUT2D eigenvalue weighted by Gasteiger charge is 2.22. The van der Waals surface area contributed by atoms with Crippen LogP contribution in [-0.4, -0.2) is 51.6 Å². The zero-order valence-corrected chi connectivity index (χ0v) is 19.5. The number of hydrogen-bond acceptors (Lipinski definition) is 5. The molecule has 156 valence electrons. The number of halogens is 1. The third-order valence-corrected chi connectivity index (χ3v) is 6.92. The van der Waals surface area contributed by atoms with Crippen LogP contribution in [0.1, 0.15) is 12.0 Å². The third kappa shape index (κ3) is 4.60. The summed E-state index contributed by atoms with van der Waals surface area (Å²) >= 11 is 3.45. The Kier molecular flexibility index (Phi) is 6.55. The number of benzene rings is 2. The lowest BCUT2D eigenvalue weighted by molar-refractivity contribution is 0.404. The highest BCUT2D eigenvalue weighted by Crippen LogP contribution is 2.31. The van der Waals surface area contributed by atoms with Crippen LogP contribution in [0.5, 0.6) is 5.75 Å². The van der Waals surface area contributed by atoms with E-state index >= 15 is 0 Å². The fraction of sp³-hybridized carbons (Fsp3) is 0.333. The third-order valence-electron chi connectivity index (χ3n) is 4.76. The van der Waals surface area contributed by atoms with E-state index in [1.807, 2.05) is 39.2 Å². The minimum absolute atomic E-state index is 0.216.